The maximum absolute atomic E-state index is 12.8. The van der Waals surface area contributed by atoms with Gasteiger partial charge in [-0.3, -0.25) is 9.48 Å². The molecule has 0 spiro atoms. The molecule has 1 unspecified atom stereocenters. The van der Waals surface area contributed by atoms with Gasteiger partial charge in [-0.05, 0) is 50.1 Å². The fourth-order valence-corrected chi connectivity index (χ4v) is 3.22. The number of carbonyl (C=O) groups excluding carboxylic acids is 1. The third-order valence-corrected chi connectivity index (χ3v) is 4.48. The van der Waals surface area contributed by atoms with Crippen LogP contribution in [0.1, 0.15) is 36.3 Å². The number of likely N-dealkylation sites (N-methyl/N-ethyl adjacent to an activating group) is 1. The van der Waals surface area contributed by atoms with Crippen molar-refractivity contribution in [1.29, 1.82) is 0 Å². The van der Waals surface area contributed by atoms with Crippen LogP contribution in [0.4, 0.5) is 0 Å². The number of nitrogens with zero attached hydrogens (tertiary/aromatic N) is 5. The molecule has 2 aromatic heterocycles. The number of benzene rings is 1. The second-order valence-corrected chi connectivity index (χ2v) is 6.61. The van der Waals surface area contributed by atoms with Crippen LogP contribution in [-0.2, 0) is 11.3 Å². The van der Waals surface area contributed by atoms with E-state index in [0.29, 0.717) is 13.0 Å². The molecule has 0 fully saturated rings. The summed E-state index contributed by atoms with van der Waals surface area (Å²) in [6.07, 6.45) is 4.24. The molecule has 6 heteroatoms. The molecule has 0 saturated heterocycles. The van der Waals surface area contributed by atoms with Crippen LogP contribution in [0.5, 0.6) is 0 Å². The second-order valence-electron chi connectivity index (χ2n) is 6.61. The molecule has 1 atom stereocenters. The lowest BCUT2D eigenvalue weighted by atomic mass is 10.1. The van der Waals surface area contributed by atoms with Crippen molar-refractivity contribution < 1.29 is 4.79 Å². The van der Waals surface area contributed by atoms with Crippen LogP contribution in [0.15, 0.2) is 48.8 Å². The number of hydrogen-bond donors (Lipinski definition) is 0. The van der Waals surface area contributed by atoms with Crippen LogP contribution < -0.4 is 0 Å². The minimum Gasteiger partial charge on any atom is -0.340 e. The molecule has 1 amide bonds. The number of aryl methyl sites for hydroxylation is 2. The smallest absolute Gasteiger partial charge is 0.247 e. The molecule has 136 valence electrons. The standard InChI is InChI=1S/C20H25N5O/c1-5-19(24-11-7-10-21-24)20(26)23(4)14-17-8-6-9-18(13-17)25-16(3)12-15(2)22-25/h6-13,19H,5,14H2,1-4H3. The fourth-order valence-electron chi connectivity index (χ4n) is 3.22. The monoisotopic (exact) mass is 351 g/mol. The van der Waals surface area contributed by atoms with Crippen LogP contribution >= 0.6 is 0 Å². The molecular weight excluding hydrogens is 326 g/mol. The van der Waals surface area contributed by atoms with E-state index in [1.807, 2.05) is 63.0 Å². The average Bonchev–Trinajstić information content (AvgIpc) is 3.25. The summed E-state index contributed by atoms with van der Waals surface area (Å²) in [4.78, 5) is 14.6. The summed E-state index contributed by atoms with van der Waals surface area (Å²) >= 11 is 0. The van der Waals surface area contributed by atoms with Crippen LogP contribution in [0.2, 0.25) is 0 Å². The summed E-state index contributed by atoms with van der Waals surface area (Å²) in [5.41, 5.74) is 4.16. The maximum Gasteiger partial charge on any atom is 0.247 e. The number of aromatic nitrogens is 4. The van der Waals surface area contributed by atoms with Crippen molar-refractivity contribution in [3.8, 4) is 5.69 Å². The van der Waals surface area contributed by atoms with Gasteiger partial charge in [-0.15, -0.1) is 0 Å². The van der Waals surface area contributed by atoms with E-state index in [4.69, 9.17) is 0 Å². The van der Waals surface area contributed by atoms with Gasteiger partial charge in [-0.1, -0.05) is 19.1 Å². The highest BCUT2D eigenvalue weighted by Gasteiger charge is 2.22. The van der Waals surface area contributed by atoms with Gasteiger partial charge in [0.25, 0.3) is 0 Å². The zero-order valence-corrected chi connectivity index (χ0v) is 15.8. The minimum atomic E-state index is -0.269. The van der Waals surface area contributed by atoms with Crippen molar-refractivity contribution in [2.24, 2.45) is 0 Å². The molecule has 0 aliphatic heterocycles. The molecule has 0 bridgehead atoms. The highest BCUT2D eigenvalue weighted by atomic mass is 16.2. The summed E-state index contributed by atoms with van der Waals surface area (Å²) in [6.45, 7) is 6.57. The Labute approximate surface area is 154 Å². The van der Waals surface area contributed by atoms with Gasteiger partial charge in [-0.25, -0.2) is 4.68 Å². The molecule has 0 radical (unpaired) electrons. The van der Waals surface area contributed by atoms with E-state index in [2.05, 4.69) is 22.3 Å². The number of carbonyl (C=O) groups is 1. The number of rotatable bonds is 6. The second kappa shape index (κ2) is 7.56. The van der Waals surface area contributed by atoms with Gasteiger partial charge in [-0.2, -0.15) is 10.2 Å². The van der Waals surface area contributed by atoms with Crippen LogP contribution in [-0.4, -0.2) is 37.4 Å². The van der Waals surface area contributed by atoms with Gasteiger partial charge in [0.05, 0.1) is 11.4 Å². The first kappa shape index (κ1) is 17.9. The summed E-state index contributed by atoms with van der Waals surface area (Å²) in [7, 11) is 1.84. The van der Waals surface area contributed by atoms with Gasteiger partial charge in [0.15, 0.2) is 0 Å². The molecule has 26 heavy (non-hydrogen) atoms. The van der Waals surface area contributed by atoms with Gasteiger partial charge >= 0.3 is 0 Å². The first-order valence-corrected chi connectivity index (χ1v) is 8.86. The Morgan fingerprint density at radius 2 is 2.04 bits per heavy atom. The summed E-state index contributed by atoms with van der Waals surface area (Å²) < 4.78 is 3.66. The van der Waals surface area contributed by atoms with E-state index >= 15 is 0 Å². The molecule has 0 aliphatic carbocycles. The van der Waals surface area contributed by atoms with Crippen LogP contribution in [0.25, 0.3) is 5.69 Å². The quantitative estimate of drug-likeness (QED) is 0.685. The van der Waals surface area contributed by atoms with Crippen molar-refractivity contribution in [3.05, 3.63) is 65.7 Å². The zero-order valence-electron chi connectivity index (χ0n) is 15.8. The molecule has 0 aliphatic rings. The van der Waals surface area contributed by atoms with Crippen molar-refractivity contribution in [1.82, 2.24) is 24.5 Å². The third-order valence-electron chi connectivity index (χ3n) is 4.48. The molecule has 1 aromatic carbocycles. The Morgan fingerprint density at radius 3 is 2.65 bits per heavy atom. The largest absolute Gasteiger partial charge is 0.340 e. The third kappa shape index (κ3) is 3.69. The van der Waals surface area contributed by atoms with E-state index in [1.165, 1.54) is 0 Å². The van der Waals surface area contributed by atoms with Gasteiger partial charge in [0, 0.05) is 31.7 Å². The number of amides is 1. The molecule has 0 saturated carbocycles. The van der Waals surface area contributed by atoms with E-state index < -0.39 is 0 Å². The van der Waals surface area contributed by atoms with Crippen molar-refractivity contribution in [3.63, 3.8) is 0 Å². The SMILES string of the molecule is CCC(C(=O)N(C)Cc1cccc(-n2nc(C)cc2C)c1)n1cccn1. The highest BCUT2D eigenvalue weighted by Crippen LogP contribution is 2.17. The first-order chi connectivity index (χ1) is 12.5. The summed E-state index contributed by atoms with van der Waals surface area (Å²) in [5, 5.41) is 8.76. The molecule has 6 nitrogen and oxygen atoms in total. The van der Waals surface area contributed by atoms with Gasteiger partial charge < -0.3 is 4.90 Å². The Kier molecular flexibility index (Phi) is 5.21. The van der Waals surface area contributed by atoms with E-state index in [1.54, 1.807) is 15.8 Å². The lowest BCUT2D eigenvalue weighted by molar-refractivity contribution is -0.134. The molecule has 3 aromatic rings. The normalized spacial score (nSPS) is 12.2. The summed E-state index contributed by atoms with van der Waals surface area (Å²) in [5.74, 6) is 0.0627. The molecule has 2 heterocycles. The Bertz CT molecular complexity index is 882. The van der Waals surface area contributed by atoms with E-state index in [-0.39, 0.29) is 11.9 Å². The maximum atomic E-state index is 12.8. The Balaban J connectivity index is 1.77. The summed E-state index contributed by atoms with van der Waals surface area (Å²) in [6, 6.07) is 11.8. The predicted molar refractivity (Wildman–Crippen MR) is 101 cm³/mol. The van der Waals surface area contributed by atoms with Gasteiger partial charge in [0.2, 0.25) is 5.91 Å². The minimum absolute atomic E-state index is 0.0627. The van der Waals surface area contributed by atoms with Crippen molar-refractivity contribution in [2.45, 2.75) is 39.8 Å². The Hall–Kier alpha value is -2.89. The van der Waals surface area contributed by atoms with Crippen LogP contribution in [0.3, 0.4) is 0 Å². The molecule has 3 rings (SSSR count). The van der Waals surface area contributed by atoms with Gasteiger partial charge in [0.1, 0.15) is 6.04 Å². The van der Waals surface area contributed by atoms with E-state index in [0.717, 1.165) is 22.6 Å². The van der Waals surface area contributed by atoms with Crippen LogP contribution in [0, 0.1) is 13.8 Å². The Morgan fingerprint density at radius 1 is 1.23 bits per heavy atom. The van der Waals surface area contributed by atoms with E-state index in [9.17, 15) is 4.79 Å². The number of hydrogen-bond acceptors (Lipinski definition) is 3. The fraction of sp³-hybridized carbons (Fsp3) is 0.350. The molecule has 0 N–H and O–H groups in total. The zero-order chi connectivity index (χ0) is 18.7. The lowest BCUT2D eigenvalue weighted by Gasteiger charge is -2.23. The lowest BCUT2D eigenvalue weighted by Crippen LogP contribution is -2.34. The molecular formula is C20H25N5O. The average molecular weight is 351 g/mol. The van der Waals surface area contributed by atoms with Crippen molar-refractivity contribution in [2.75, 3.05) is 7.05 Å². The first-order valence-electron chi connectivity index (χ1n) is 8.86. The van der Waals surface area contributed by atoms with Crippen molar-refractivity contribution >= 4 is 5.91 Å². The predicted octanol–water partition coefficient (Wildman–Crippen LogP) is 3.30. The topological polar surface area (TPSA) is 56.0 Å². The highest BCUT2D eigenvalue weighted by molar-refractivity contribution is 5.80.